The molecule has 1 N–H and O–H groups in total. The maximum absolute atomic E-state index is 13.1. The fourth-order valence-electron chi connectivity index (χ4n) is 3.56. The monoisotopic (exact) mass is 502 g/mol. The Balaban J connectivity index is 1.56. The summed E-state index contributed by atoms with van der Waals surface area (Å²) in [6.45, 7) is 11.8. The van der Waals surface area contributed by atoms with Crippen LogP contribution in [0.25, 0.3) is 5.65 Å². The molecular formula is C21H27BrN6O2Si. The largest absolute Gasteiger partial charge is 0.361 e. The number of carbonyl (C=O) groups is 1. The SMILES string of the molecule is CC1(C)C(=O)N(COCC[Si](C)(C)C)c2cc(Nc3nc4ccnc(Br)n4n3)ccc21. The number of nitrogens with zero attached hydrogens (tertiary/aromatic N) is 5. The standard InChI is InChI=1S/C21H27BrN6O2Si/c1-21(2)15-7-6-14(24-20-25-17-8-9-23-19(22)28(17)26-20)12-16(15)27(18(21)29)13-30-10-11-31(3,4)5/h6-9,12H,10-11,13H2,1-5H3,(H,24,26). The highest BCUT2D eigenvalue weighted by Gasteiger charge is 2.44. The van der Waals surface area contributed by atoms with Gasteiger partial charge >= 0.3 is 0 Å². The van der Waals surface area contributed by atoms with E-state index < -0.39 is 13.5 Å². The summed E-state index contributed by atoms with van der Waals surface area (Å²) in [7, 11) is -1.18. The van der Waals surface area contributed by atoms with Crippen molar-refractivity contribution in [2.75, 3.05) is 23.6 Å². The van der Waals surface area contributed by atoms with Crippen molar-refractivity contribution in [3.8, 4) is 0 Å². The van der Waals surface area contributed by atoms with E-state index in [1.54, 1.807) is 21.7 Å². The molecule has 2 aromatic heterocycles. The van der Waals surface area contributed by atoms with E-state index in [-0.39, 0.29) is 12.6 Å². The van der Waals surface area contributed by atoms with Gasteiger partial charge in [0.15, 0.2) is 10.4 Å². The zero-order chi connectivity index (χ0) is 22.4. The third kappa shape index (κ3) is 4.37. The van der Waals surface area contributed by atoms with Gasteiger partial charge in [-0.25, -0.2) is 4.98 Å². The van der Waals surface area contributed by atoms with Gasteiger partial charge in [-0.2, -0.15) is 9.50 Å². The van der Waals surface area contributed by atoms with E-state index in [1.165, 1.54) is 0 Å². The summed E-state index contributed by atoms with van der Waals surface area (Å²) in [6.07, 6.45) is 1.67. The van der Waals surface area contributed by atoms with Crippen LogP contribution in [0.4, 0.5) is 17.3 Å². The Morgan fingerprint density at radius 2 is 2.00 bits per heavy atom. The topological polar surface area (TPSA) is 84.6 Å². The highest BCUT2D eigenvalue weighted by molar-refractivity contribution is 9.10. The Kier molecular flexibility index (Phi) is 5.65. The van der Waals surface area contributed by atoms with Crippen LogP contribution in [-0.2, 0) is 14.9 Å². The van der Waals surface area contributed by atoms with Crippen LogP contribution in [0.1, 0.15) is 19.4 Å². The zero-order valence-electron chi connectivity index (χ0n) is 18.4. The van der Waals surface area contributed by atoms with E-state index in [0.717, 1.165) is 23.0 Å². The maximum atomic E-state index is 13.1. The molecule has 0 fully saturated rings. The summed E-state index contributed by atoms with van der Waals surface area (Å²) in [4.78, 5) is 23.5. The predicted octanol–water partition coefficient (Wildman–Crippen LogP) is 4.57. The summed E-state index contributed by atoms with van der Waals surface area (Å²) >= 11 is 3.37. The van der Waals surface area contributed by atoms with Gasteiger partial charge in [0.1, 0.15) is 6.73 Å². The lowest BCUT2D eigenvalue weighted by molar-refractivity contribution is -0.123. The smallest absolute Gasteiger partial charge is 0.247 e. The first-order valence-corrected chi connectivity index (χ1v) is 14.7. The van der Waals surface area contributed by atoms with Crippen LogP contribution in [0.15, 0.2) is 35.2 Å². The molecule has 164 valence electrons. The number of hydrogen-bond acceptors (Lipinski definition) is 6. The number of aromatic nitrogens is 4. The summed E-state index contributed by atoms with van der Waals surface area (Å²) in [5.74, 6) is 0.503. The predicted molar refractivity (Wildman–Crippen MR) is 128 cm³/mol. The van der Waals surface area contributed by atoms with Crippen molar-refractivity contribution in [3.63, 3.8) is 0 Å². The molecule has 1 aliphatic rings. The second kappa shape index (κ2) is 7.99. The maximum Gasteiger partial charge on any atom is 0.247 e. The van der Waals surface area contributed by atoms with Crippen molar-refractivity contribution in [3.05, 3.63) is 40.8 Å². The first-order valence-electron chi connectivity index (χ1n) is 10.2. The molecule has 8 nitrogen and oxygen atoms in total. The fourth-order valence-corrected chi connectivity index (χ4v) is 4.69. The van der Waals surface area contributed by atoms with Gasteiger partial charge in [0, 0.05) is 32.6 Å². The van der Waals surface area contributed by atoms with E-state index in [0.29, 0.717) is 22.9 Å². The fraction of sp³-hybridized carbons (Fsp3) is 0.429. The number of carbonyl (C=O) groups excluding carboxylic acids is 1. The number of halogens is 1. The molecular weight excluding hydrogens is 476 g/mol. The number of benzene rings is 1. The average Bonchev–Trinajstić information content (AvgIpc) is 3.17. The van der Waals surface area contributed by atoms with Crippen LogP contribution in [0, 0.1) is 0 Å². The molecule has 0 bridgehead atoms. The van der Waals surface area contributed by atoms with Gasteiger partial charge in [0.25, 0.3) is 0 Å². The number of ether oxygens (including phenoxy) is 1. The van der Waals surface area contributed by atoms with Gasteiger partial charge in [-0.05, 0) is 53.5 Å². The van der Waals surface area contributed by atoms with Crippen molar-refractivity contribution in [2.45, 2.75) is 44.9 Å². The molecule has 0 saturated heterocycles. The quantitative estimate of drug-likeness (QED) is 0.289. The lowest BCUT2D eigenvalue weighted by Gasteiger charge is -2.22. The number of hydrogen-bond donors (Lipinski definition) is 1. The minimum absolute atomic E-state index is 0.0495. The number of anilines is 3. The average molecular weight is 503 g/mol. The van der Waals surface area contributed by atoms with Gasteiger partial charge in [0.05, 0.1) is 11.1 Å². The first-order chi connectivity index (χ1) is 14.6. The highest BCUT2D eigenvalue weighted by Crippen LogP contribution is 2.43. The number of fused-ring (bicyclic) bond motifs is 2. The lowest BCUT2D eigenvalue weighted by Crippen LogP contribution is -2.38. The molecule has 1 aromatic carbocycles. The Hall–Kier alpha value is -2.30. The van der Waals surface area contributed by atoms with Gasteiger partial charge < -0.3 is 10.1 Å². The molecule has 1 aliphatic heterocycles. The first kappa shape index (κ1) is 21.9. The van der Waals surface area contributed by atoms with Crippen molar-refractivity contribution in [1.82, 2.24) is 19.6 Å². The molecule has 0 atom stereocenters. The lowest BCUT2D eigenvalue weighted by atomic mass is 9.86. The Morgan fingerprint density at radius 3 is 2.71 bits per heavy atom. The molecule has 0 spiro atoms. The van der Waals surface area contributed by atoms with Crippen LogP contribution in [-0.4, -0.2) is 46.9 Å². The van der Waals surface area contributed by atoms with Crippen LogP contribution in [0.5, 0.6) is 0 Å². The van der Waals surface area contributed by atoms with Gasteiger partial charge in [0.2, 0.25) is 11.9 Å². The van der Waals surface area contributed by atoms with Gasteiger partial charge in [-0.3, -0.25) is 9.69 Å². The molecule has 1 amide bonds. The van der Waals surface area contributed by atoms with Crippen LogP contribution in [0.3, 0.4) is 0 Å². The third-order valence-electron chi connectivity index (χ3n) is 5.43. The van der Waals surface area contributed by atoms with E-state index in [9.17, 15) is 4.79 Å². The minimum Gasteiger partial charge on any atom is -0.361 e. The number of nitrogens with one attached hydrogen (secondary N) is 1. The van der Waals surface area contributed by atoms with Crippen molar-refractivity contribution in [2.24, 2.45) is 0 Å². The Morgan fingerprint density at radius 1 is 1.23 bits per heavy atom. The summed E-state index contributed by atoms with van der Waals surface area (Å²) in [5, 5.41) is 7.67. The van der Waals surface area contributed by atoms with E-state index in [4.69, 9.17) is 4.74 Å². The molecule has 0 saturated carbocycles. The molecule has 0 aliphatic carbocycles. The number of rotatable bonds is 7. The summed E-state index contributed by atoms with van der Waals surface area (Å²) < 4.78 is 8.09. The zero-order valence-corrected chi connectivity index (χ0v) is 21.0. The Bertz CT molecular complexity index is 1140. The van der Waals surface area contributed by atoms with Crippen LogP contribution in [0.2, 0.25) is 25.7 Å². The van der Waals surface area contributed by atoms with Crippen LogP contribution >= 0.6 is 15.9 Å². The summed E-state index contributed by atoms with van der Waals surface area (Å²) in [6, 6.07) is 8.75. The summed E-state index contributed by atoms with van der Waals surface area (Å²) in [5.41, 5.74) is 2.75. The van der Waals surface area contributed by atoms with Crippen LogP contribution < -0.4 is 10.2 Å². The van der Waals surface area contributed by atoms with Gasteiger partial charge in [-0.15, -0.1) is 5.10 Å². The highest BCUT2D eigenvalue weighted by atomic mass is 79.9. The second-order valence-corrected chi connectivity index (χ2v) is 15.8. The van der Waals surface area contributed by atoms with E-state index in [1.807, 2.05) is 32.0 Å². The minimum atomic E-state index is -1.18. The molecule has 4 rings (SSSR count). The second-order valence-electron chi connectivity index (χ2n) is 9.48. The third-order valence-corrected chi connectivity index (χ3v) is 7.67. The molecule has 10 heteroatoms. The number of amides is 1. The normalized spacial score (nSPS) is 15.5. The van der Waals surface area contributed by atoms with Crippen molar-refractivity contribution in [1.29, 1.82) is 0 Å². The molecule has 0 unspecified atom stereocenters. The molecule has 3 aromatic rings. The van der Waals surface area contributed by atoms with Crippen molar-refractivity contribution < 1.29 is 9.53 Å². The Labute approximate surface area is 191 Å². The molecule has 3 heterocycles. The molecule has 31 heavy (non-hydrogen) atoms. The van der Waals surface area contributed by atoms with E-state index >= 15 is 0 Å². The molecule has 0 radical (unpaired) electrons. The van der Waals surface area contributed by atoms with Gasteiger partial charge in [-0.1, -0.05) is 25.7 Å². The van der Waals surface area contributed by atoms with Crippen molar-refractivity contribution >= 4 is 52.9 Å². The van der Waals surface area contributed by atoms with E-state index in [2.05, 4.69) is 56.0 Å².